The van der Waals surface area contributed by atoms with Gasteiger partial charge in [0.15, 0.2) is 11.5 Å². The second-order valence-electron chi connectivity index (χ2n) is 6.67. The standard InChI is InChI=1S/C20H28N2O7/c1-6-11(2)18(21)19(25)22-15(20(26)27-5)9-14-7-8-16(28-12(3)23)17(10-14)29-13(4)24/h7-8,10-11,15,18H,6,9,21H2,1-5H3,(H,22,25)/t11-,15-,18-/m0/s1. The van der Waals surface area contributed by atoms with Crippen molar-refractivity contribution >= 4 is 23.8 Å². The van der Waals surface area contributed by atoms with Crippen LogP contribution in [0.1, 0.15) is 39.7 Å². The zero-order valence-electron chi connectivity index (χ0n) is 17.3. The van der Waals surface area contributed by atoms with Crippen LogP contribution in [0.2, 0.25) is 0 Å². The summed E-state index contributed by atoms with van der Waals surface area (Å²) in [5.41, 5.74) is 6.48. The van der Waals surface area contributed by atoms with Gasteiger partial charge < -0.3 is 25.3 Å². The van der Waals surface area contributed by atoms with E-state index < -0.39 is 35.9 Å². The Bertz CT molecular complexity index is 763. The number of amides is 1. The molecule has 3 N–H and O–H groups in total. The minimum Gasteiger partial charge on any atom is -0.467 e. The predicted molar refractivity (Wildman–Crippen MR) is 104 cm³/mol. The lowest BCUT2D eigenvalue weighted by molar-refractivity contribution is -0.145. The van der Waals surface area contributed by atoms with E-state index in [-0.39, 0.29) is 23.8 Å². The van der Waals surface area contributed by atoms with Crippen molar-refractivity contribution in [3.8, 4) is 11.5 Å². The highest BCUT2D eigenvalue weighted by Gasteiger charge is 2.27. The number of carbonyl (C=O) groups excluding carboxylic acids is 4. The molecule has 0 saturated carbocycles. The van der Waals surface area contributed by atoms with Gasteiger partial charge in [-0.2, -0.15) is 0 Å². The molecule has 3 atom stereocenters. The summed E-state index contributed by atoms with van der Waals surface area (Å²) in [5.74, 6) is -2.27. The van der Waals surface area contributed by atoms with Crippen LogP contribution in [0, 0.1) is 5.92 Å². The Balaban J connectivity index is 3.09. The van der Waals surface area contributed by atoms with Crippen molar-refractivity contribution in [2.24, 2.45) is 11.7 Å². The number of nitrogens with one attached hydrogen (secondary N) is 1. The third-order valence-electron chi connectivity index (χ3n) is 4.32. The van der Waals surface area contributed by atoms with Crippen LogP contribution in [-0.2, 0) is 30.3 Å². The van der Waals surface area contributed by atoms with Gasteiger partial charge in [0.25, 0.3) is 0 Å². The molecule has 9 nitrogen and oxygen atoms in total. The summed E-state index contributed by atoms with van der Waals surface area (Å²) in [5, 5.41) is 2.61. The van der Waals surface area contributed by atoms with Crippen molar-refractivity contribution in [1.29, 1.82) is 0 Å². The topological polar surface area (TPSA) is 134 Å². The molecule has 0 aliphatic heterocycles. The molecule has 0 spiro atoms. The van der Waals surface area contributed by atoms with Crippen LogP contribution >= 0.6 is 0 Å². The van der Waals surface area contributed by atoms with Gasteiger partial charge in [0, 0.05) is 20.3 Å². The summed E-state index contributed by atoms with van der Waals surface area (Å²) >= 11 is 0. The summed E-state index contributed by atoms with van der Waals surface area (Å²) in [6.07, 6.45) is 0.765. The van der Waals surface area contributed by atoms with Crippen LogP contribution in [-0.4, -0.2) is 43.0 Å². The molecule has 1 rings (SSSR count). The highest BCUT2D eigenvalue weighted by molar-refractivity contribution is 5.87. The van der Waals surface area contributed by atoms with E-state index in [9.17, 15) is 19.2 Å². The number of rotatable bonds is 9. The molecule has 1 aromatic carbocycles. The third-order valence-corrected chi connectivity index (χ3v) is 4.32. The van der Waals surface area contributed by atoms with Crippen molar-refractivity contribution in [3.63, 3.8) is 0 Å². The van der Waals surface area contributed by atoms with E-state index in [1.54, 1.807) is 6.07 Å². The van der Waals surface area contributed by atoms with E-state index in [2.05, 4.69) is 5.32 Å². The van der Waals surface area contributed by atoms with Gasteiger partial charge in [-0.1, -0.05) is 26.3 Å². The molecule has 0 aromatic heterocycles. The van der Waals surface area contributed by atoms with E-state index in [0.29, 0.717) is 12.0 Å². The van der Waals surface area contributed by atoms with E-state index >= 15 is 0 Å². The maximum absolute atomic E-state index is 12.4. The first-order valence-corrected chi connectivity index (χ1v) is 9.22. The zero-order chi connectivity index (χ0) is 22.1. The monoisotopic (exact) mass is 408 g/mol. The van der Waals surface area contributed by atoms with Gasteiger partial charge in [-0.25, -0.2) is 4.79 Å². The minimum absolute atomic E-state index is 0.0245. The van der Waals surface area contributed by atoms with Crippen molar-refractivity contribution in [2.45, 2.75) is 52.6 Å². The second kappa shape index (κ2) is 11.2. The molecule has 29 heavy (non-hydrogen) atoms. The average Bonchev–Trinajstić information content (AvgIpc) is 2.66. The number of hydrogen-bond acceptors (Lipinski definition) is 8. The average molecular weight is 408 g/mol. The Morgan fingerprint density at radius 3 is 2.17 bits per heavy atom. The Morgan fingerprint density at radius 2 is 1.66 bits per heavy atom. The van der Waals surface area contributed by atoms with E-state index in [4.69, 9.17) is 19.9 Å². The lowest BCUT2D eigenvalue weighted by atomic mass is 9.98. The highest BCUT2D eigenvalue weighted by atomic mass is 16.6. The maximum atomic E-state index is 12.4. The molecule has 0 bridgehead atoms. The Morgan fingerprint density at radius 1 is 1.07 bits per heavy atom. The molecule has 0 heterocycles. The quantitative estimate of drug-likeness (QED) is 0.458. The number of methoxy groups -OCH3 is 1. The smallest absolute Gasteiger partial charge is 0.328 e. The fourth-order valence-electron chi connectivity index (χ4n) is 2.50. The largest absolute Gasteiger partial charge is 0.467 e. The SMILES string of the molecule is CC[C@H](C)[C@H](N)C(=O)N[C@@H](Cc1ccc(OC(C)=O)c(OC(C)=O)c1)C(=O)OC. The lowest BCUT2D eigenvalue weighted by Crippen LogP contribution is -2.51. The van der Waals surface area contributed by atoms with E-state index in [1.165, 1.54) is 33.1 Å². The van der Waals surface area contributed by atoms with Crippen molar-refractivity contribution in [1.82, 2.24) is 5.32 Å². The molecule has 0 unspecified atom stereocenters. The lowest BCUT2D eigenvalue weighted by Gasteiger charge is -2.22. The van der Waals surface area contributed by atoms with Gasteiger partial charge in [-0.15, -0.1) is 0 Å². The molecule has 0 aliphatic carbocycles. The van der Waals surface area contributed by atoms with Gasteiger partial charge in [-0.3, -0.25) is 14.4 Å². The minimum atomic E-state index is -0.993. The van der Waals surface area contributed by atoms with Crippen molar-refractivity contribution in [2.75, 3.05) is 7.11 Å². The number of benzene rings is 1. The molecule has 9 heteroatoms. The normalized spacial score (nSPS) is 13.6. The molecular formula is C20H28N2O7. The number of esters is 3. The molecule has 160 valence electrons. The van der Waals surface area contributed by atoms with E-state index in [0.717, 1.165) is 0 Å². The first-order valence-electron chi connectivity index (χ1n) is 9.22. The molecule has 1 aromatic rings. The summed E-state index contributed by atoms with van der Waals surface area (Å²) in [6, 6.07) is 2.72. The third kappa shape index (κ3) is 7.53. The van der Waals surface area contributed by atoms with Crippen LogP contribution in [0.4, 0.5) is 0 Å². The van der Waals surface area contributed by atoms with Crippen molar-refractivity contribution in [3.05, 3.63) is 23.8 Å². The first kappa shape index (κ1) is 24.1. The summed E-state index contributed by atoms with van der Waals surface area (Å²) in [6.45, 7) is 6.18. The Hall–Kier alpha value is -2.94. The van der Waals surface area contributed by atoms with Crippen LogP contribution in [0.3, 0.4) is 0 Å². The van der Waals surface area contributed by atoms with Gasteiger partial charge in [0.1, 0.15) is 6.04 Å². The van der Waals surface area contributed by atoms with Crippen LogP contribution in [0.15, 0.2) is 18.2 Å². The molecule has 0 fully saturated rings. The number of carbonyl (C=O) groups is 4. The highest BCUT2D eigenvalue weighted by Crippen LogP contribution is 2.29. The van der Waals surface area contributed by atoms with Gasteiger partial charge in [0.05, 0.1) is 13.2 Å². The van der Waals surface area contributed by atoms with Crippen LogP contribution < -0.4 is 20.5 Å². The van der Waals surface area contributed by atoms with E-state index in [1.807, 2.05) is 13.8 Å². The Kier molecular flexibility index (Phi) is 9.27. The van der Waals surface area contributed by atoms with Gasteiger partial charge >= 0.3 is 17.9 Å². The first-order chi connectivity index (χ1) is 13.6. The molecule has 0 saturated heterocycles. The molecular weight excluding hydrogens is 380 g/mol. The molecule has 0 radical (unpaired) electrons. The maximum Gasteiger partial charge on any atom is 0.328 e. The molecule has 0 aliphatic rings. The van der Waals surface area contributed by atoms with Gasteiger partial charge in [-0.05, 0) is 23.6 Å². The summed E-state index contributed by atoms with van der Waals surface area (Å²) in [7, 11) is 1.21. The summed E-state index contributed by atoms with van der Waals surface area (Å²) < 4.78 is 14.9. The van der Waals surface area contributed by atoms with Gasteiger partial charge in [0.2, 0.25) is 5.91 Å². The molecule has 1 amide bonds. The van der Waals surface area contributed by atoms with Crippen LogP contribution in [0.5, 0.6) is 11.5 Å². The van der Waals surface area contributed by atoms with Crippen LogP contribution in [0.25, 0.3) is 0 Å². The fourth-order valence-corrected chi connectivity index (χ4v) is 2.50. The second-order valence-corrected chi connectivity index (χ2v) is 6.67. The fraction of sp³-hybridized carbons (Fsp3) is 0.500. The summed E-state index contributed by atoms with van der Waals surface area (Å²) in [4.78, 5) is 47.1. The number of hydrogen-bond donors (Lipinski definition) is 2. The zero-order valence-corrected chi connectivity index (χ0v) is 17.3. The Labute approximate surface area is 169 Å². The predicted octanol–water partition coefficient (Wildman–Crippen LogP) is 1.11. The van der Waals surface area contributed by atoms with Crippen molar-refractivity contribution < 1.29 is 33.4 Å². The number of nitrogens with two attached hydrogens (primary N) is 1. The number of ether oxygens (including phenoxy) is 3.